The van der Waals surface area contributed by atoms with Crippen LogP contribution in [0.25, 0.3) is 0 Å². The van der Waals surface area contributed by atoms with Crippen molar-refractivity contribution >= 4 is 27.3 Å². The molecule has 21 heavy (non-hydrogen) atoms. The number of halogens is 2. The topological polar surface area (TPSA) is 68.3 Å². The number of furan rings is 1. The third kappa shape index (κ3) is 4.04. The van der Waals surface area contributed by atoms with Gasteiger partial charge in [0.1, 0.15) is 17.3 Å². The Morgan fingerprint density at radius 1 is 1.52 bits per heavy atom. The van der Waals surface area contributed by atoms with Crippen molar-refractivity contribution in [3.8, 4) is 0 Å². The van der Waals surface area contributed by atoms with Gasteiger partial charge in [0.05, 0.1) is 21.7 Å². The highest BCUT2D eigenvalue weighted by Crippen LogP contribution is 2.31. The minimum Gasteiger partial charge on any atom is -0.469 e. The maximum Gasteiger partial charge on any atom is 0.295 e. The van der Waals surface area contributed by atoms with E-state index in [4.69, 9.17) is 4.42 Å². The number of hydrogen-bond acceptors (Lipinski definition) is 4. The Morgan fingerprint density at radius 2 is 2.29 bits per heavy atom. The van der Waals surface area contributed by atoms with E-state index in [1.54, 1.807) is 6.26 Å². The Bertz CT molecular complexity index is 631. The first-order valence-corrected chi connectivity index (χ1v) is 7.19. The number of anilines is 1. The standard InChI is InChI=1S/C14H14BrFN2O3/c1-9(4-5-10-3-2-6-21-10)17-13-7-11(15)12(16)8-14(13)18(19)20/h2-3,6-9,17H,4-5H2,1H3. The average molecular weight is 357 g/mol. The zero-order chi connectivity index (χ0) is 15.4. The molecular weight excluding hydrogens is 343 g/mol. The summed E-state index contributed by atoms with van der Waals surface area (Å²) in [6.45, 7) is 1.91. The first-order chi connectivity index (χ1) is 9.97. The van der Waals surface area contributed by atoms with E-state index >= 15 is 0 Å². The molecule has 0 radical (unpaired) electrons. The summed E-state index contributed by atoms with van der Waals surface area (Å²) in [5.74, 6) is 0.203. The normalized spacial score (nSPS) is 12.1. The molecule has 0 fully saturated rings. The van der Waals surface area contributed by atoms with E-state index in [1.807, 2.05) is 19.1 Å². The van der Waals surface area contributed by atoms with Crippen molar-refractivity contribution in [3.63, 3.8) is 0 Å². The number of hydrogen-bond donors (Lipinski definition) is 1. The summed E-state index contributed by atoms with van der Waals surface area (Å²) in [5.41, 5.74) is 0.0146. The molecule has 1 heterocycles. The number of nitro groups is 1. The molecule has 112 valence electrons. The van der Waals surface area contributed by atoms with Crippen LogP contribution in [0, 0.1) is 15.9 Å². The highest BCUT2D eigenvalue weighted by molar-refractivity contribution is 9.10. The molecule has 1 unspecified atom stereocenters. The molecule has 7 heteroatoms. The van der Waals surface area contributed by atoms with Gasteiger partial charge < -0.3 is 9.73 Å². The molecule has 0 saturated carbocycles. The third-order valence-corrected chi connectivity index (χ3v) is 3.65. The quantitative estimate of drug-likeness (QED) is 0.610. The Balaban J connectivity index is 2.07. The Morgan fingerprint density at radius 3 is 2.90 bits per heavy atom. The number of nitro benzene ring substituents is 1. The lowest BCUT2D eigenvalue weighted by atomic mass is 10.1. The highest BCUT2D eigenvalue weighted by Gasteiger charge is 2.19. The zero-order valence-electron chi connectivity index (χ0n) is 11.3. The molecule has 2 aromatic rings. The van der Waals surface area contributed by atoms with Crippen LogP contribution < -0.4 is 5.32 Å². The van der Waals surface area contributed by atoms with E-state index in [2.05, 4.69) is 21.2 Å². The van der Waals surface area contributed by atoms with Crippen LogP contribution in [0.2, 0.25) is 0 Å². The summed E-state index contributed by atoms with van der Waals surface area (Å²) in [5, 5.41) is 14.0. The SMILES string of the molecule is CC(CCc1ccco1)Nc1cc(Br)c(F)cc1[N+](=O)[O-]. The van der Waals surface area contributed by atoms with Gasteiger partial charge in [0.15, 0.2) is 0 Å². The molecular formula is C14H14BrFN2O3. The van der Waals surface area contributed by atoms with Gasteiger partial charge >= 0.3 is 0 Å². The Hall–Kier alpha value is -1.89. The van der Waals surface area contributed by atoms with Gasteiger partial charge in [-0.25, -0.2) is 4.39 Å². The summed E-state index contributed by atoms with van der Waals surface area (Å²) < 4.78 is 18.8. The lowest BCUT2D eigenvalue weighted by molar-refractivity contribution is -0.384. The summed E-state index contributed by atoms with van der Waals surface area (Å²) in [6, 6.07) is 5.97. The third-order valence-electron chi connectivity index (χ3n) is 3.04. The summed E-state index contributed by atoms with van der Waals surface area (Å²) in [4.78, 5) is 10.4. The van der Waals surface area contributed by atoms with Crippen LogP contribution in [-0.2, 0) is 6.42 Å². The fourth-order valence-corrected chi connectivity index (χ4v) is 2.30. The smallest absolute Gasteiger partial charge is 0.295 e. The molecule has 5 nitrogen and oxygen atoms in total. The van der Waals surface area contributed by atoms with Crippen LogP contribution in [0.1, 0.15) is 19.1 Å². The van der Waals surface area contributed by atoms with E-state index in [0.717, 1.165) is 24.7 Å². The molecule has 1 aromatic heterocycles. The number of benzene rings is 1. The number of nitrogens with one attached hydrogen (secondary N) is 1. The molecule has 0 amide bonds. The summed E-state index contributed by atoms with van der Waals surface area (Å²) in [7, 11) is 0. The van der Waals surface area contributed by atoms with Crippen molar-refractivity contribution < 1.29 is 13.7 Å². The predicted octanol–water partition coefficient (Wildman–Crippen LogP) is 4.52. The van der Waals surface area contributed by atoms with E-state index in [1.165, 1.54) is 6.07 Å². The molecule has 0 saturated heterocycles. The van der Waals surface area contributed by atoms with Crippen LogP contribution >= 0.6 is 15.9 Å². The van der Waals surface area contributed by atoms with E-state index in [-0.39, 0.29) is 16.2 Å². The second-order valence-corrected chi connectivity index (χ2v) is 5.56. The van der Waals surface area contributed by atoms with Gasteiger partial charge in [-0.05, 0) is 47.5 Å². The molecule has 0 aliphatic carbocycles. The molecule has 0 aliphatic rings. The largest absolute Gasteiger partial charge is 0.469 e. The van der Waals surface area contributed by atoms with Crippen molar-refractivity contribution in [2.45, 2.75) is 25.8 Å². The number of rotatable bonds is 6. The van der Waals surface area contributed by atoms with Crippen LogP contribution in [0.3, 0.4) is 0 Å². The minimum atomic E-state index is -0.657. The fourth-order valence-electron chi connectivity index (χ4n) is 1.95. The minimum absolute atomic E-state index is 0.0221. The highest BCUT2D eigenvalue weighted by atomic mass is 79.9. The number of nitrogens with zero attached hydrogens (tertiary/aromatic N) is 1. The molecule has 1 aromatic carbocycles. The second kappa shape index (κ2) is 6.71. The molecule has 0 bridgehead atoms. The lowest BCUT2D eigenvalue weighted by Gasteiger charge is -2.15. The van der Waals surface area contributed by atoms with Gasteiger partial charge in [0.25, 0.3) is 5.69 Å². The van der Waals surface area contributed by atoms with Gasteiger partial charge in [-0.3, -0.25) is 10.1 Å². The van der Waals surface area contributed by atoms with Gasteiger partial charge in [0.2, 0.25) is 0 Å². The zero-order valence-corrected chi connectivity index (χ0v) is 12.9. The van der Waals surface area contributed by atoms with Crippen molar-refractivity contribution in [2.24, 2.45) is 0 Å². The van der Waals surface area contributed by atoms with Gasteiger partial charge in [-0.1, -0.05) is 0 Å². The van der Waals surface area contributed by atoms with E-state index in [0.29, 0.717) is 5.69 Å². The Labute approximate surface area is 129 Å². The van der Waals surface area contributed by atoms with Crippen LogP contribution in [-0.4, -0.2) is 11.0 Å². The molecule has 1 atom stereocenters. The Kier molecular flexibility index (Phi) is 4.95. The molecule has 1 N–H and O–H groups in total. The average Bonchev–Trinajstić information content (AvgIpc) is 2.93. The van der Waals surface area contributed by atoms with E-state index < -0.39 is 10.7 Å². The monoisotopic (exact) mass is 356 g/mol. The molecule has 2 rings (SSSR count). The van der Waals surface area contributed by atoms with Gasteiger partial charge in [-0.2, -0.15) is 0 Å². The van der Waals surface area contributed by atoms with Crippen molar-refractivity contribution in [1.29, 1.82) is 0 Å². The van der Waals surface area contributed by atoms with Crippen LogP contribution in [0.4, 0.5) is 15.8 Å². The number of aryl methyl sites for hydroxylation is 1. The summed E-state index contributed by atoms with van der Waals surface area (Å²) in [6.07, 6.45) is 3.06. The second-order valence-electron chi connectivity index (χ2n) is 4.70. The predicted molar refractivity (Wildman–Crippen MR) is 80.9 cm³/mol. The first-order valence-electron chi connectivity index (χ1n) is 6.39. The lowest BCUT2D eigenvalue weighted by Crippen LogP contribution is -2.17. The maximum absolute atomic E-state index is 13.4. The van der Waals surface area contributed by atoms with Crippen LogP contribution in [0.15, 0.2) is 39.4 Å². The van der Waals surface area contributed by atoms with Gasteiger partial charge in [-0.15, -0.1) is 0 Å². The molecule has 0 spiro atoms. The first kappa shape index (κ1) is 15.5. The van der Waals surface area contributed by atoms with Crippen molar-refractivity contribution in [1.82, 2.24) is 0 Å². The maximum atomic E-state index is 13.4. The van der Waals surface area contributed by atoms with Crippen molar-refractivity contribution in [2.75, 3.05) is 5.32 Å². The van der Waals surface area contributed by atoms with Crippen molar-refractivity contribution in [3.05, 3.63) is 56.7 Å². The van der Waals surface area contributed by atoms with E-state index in [9.17, 15) is 14.5 Å². The fraction of sp³-hybridized carbons (Fsp3) is 0.286. The summed E-state index contributed by atoms with van der Waals surface area (Å²) >= 11 is 3.04. The van der Waals surface area contributed by atoms with Crippen LogP contribution in [0.5, 0.6) is 0 Å². The molecule has 0 aliphatic heterocycles. The van der Waals surface area contributed by atoms with Gasteiger partial charge in [0, 0.05) is 12.5 Å².